The first kappa shape index (κ1) is 15.4. The van der Waals surface area contributed by atoms with E-state index < -0.39 is 12.0 Å². The topological polar surface area (TPSA) is 69.6 Å². The predicted molar refractivity (Wildman–Crippen MR) is 76.5 cm³/mol. The summed E-state index contributed by atoms with van der Waals surface area (Å²) in [5.41, 5.74) is 0.530. The fraction of sp³-hybridized carbons (Fsp3) is 0.467. The Kier molecular flexibility index (Phi) is 4.90. The number of nitrogens with zero attached hydrogens (tertiary/aromatic N) is 1. The van der Waals surface area contributed by atoms with Crippen molar-refractivity contribution in [3.63, 3.8) is 0 Å². The number of amides is 1. The maximum absolute atomic E-state index is 12.8. The van der Waals surface area contributed by atoms with Gasteiger partial charge < -0.3 is 10.4 Å². The van der Waals surface area contributed by atoms with E-state index in [1.54, 1.807) is 6.92 Å². The molecule has 6 heteroatoms. The van der Waals surface area contributed by atoms with Crippen LogP contribution in [0.1, 0.15) is 26.2 Å². The van der Waals surface area contributed by atoms with Crippen molar-refractivity contribution in [3.05, 3.63) is 30.1 Å². The summed E-state index contributed by atoms with van der Waals surface area (Å²) in [6.45, 7) is 2.12. The molecule has 1 saturated carbocycles. The standard InChI is InChI=1S/C15H19FN2O3/c1-10(18(13-6-7-13)9-8-14(19)20)15(21)17-12-4-2-11(16)3-5-12/h2-5,10,13H,6-9H2,1H3,(H,17,21)(H,19,20). The Bertz CT molecular complexity index is 514. The summed E-state index contributed by atoms with van der Waals surface area (Å²) in [5, 5.41) is 11.5. The molecule has 5 nitrogen and oxygen atoms in total. The summed E-state index contributed by atoms with van der Waals surface area (Å²) in [7, 11) is 0. The smallest absolute Gasteiger partial charge is 0.304 e. The maximum Gasteiger partial charge on any atom is 0.304 e. The third kappa shape index (κ3) is 4.53. The summed E-state index contributed by atoms with van der Waals surface area (Å²) in [6, 6.07) is 5.43. The highest BCUT2D eigenvalue weighted by Crippen LogP contribution is 2.29. The zero-order chi connectivity index (χ0) is 15.4. The molecule has 1 aliphatic carbocycles. The van der Waals surface area contributed by atoms with E-state index >= 15 is 0 Å². The Morgan fingerprint density at radius 1 is 1.38 bits per heavy atom. The molecule has 21 heavy (non-hydrogen) atoms. The van der Waals surface area contributed by atoms with Crippen LogP contribution in [-0.2, 0) is 9.59 Å². The van der Waals surface area contributed by atoms with Gasteiger partial charge in [-0.05, 0) is 44.0 Å². The minimum Gasteiger partial charge on any atom is -0.481 e. The van der Waals surface area contributed by atoms with Gasteiger partial charge in [0.15, 0.2) is 0 Å². The quantitative estimate of drug-likeness (QED) is 0.808. The molecule has 1 fully saturated rings. The number of carbonyl (C=O) groups is 2. The molecule has 1 aliphatic rings. The molecule has 0 aromatic heterocycles. The zero-order valence-corrected chi connectivity index (χ0v) is 11.9. The minimum atomic E-state index is -0.869. The van der Waals surface area contributed by atoms with Crippen molar-refractivity contribution >= 4 is 17.6 Å². The lowest BCUT2D eigenvalue weighted by Crippen LogP contribution is -2.44. The van der Waals surface area contributed by atoms with Crippen molar-refractivity contribution in [1.29, 1.82) is 0 Å². The van der Waals surface area contributed by atoms with Gasteiger partial charge >= 0.3 is 5.97 Å². The van der Waals surface area contributed by atoms with E-state index in [1.165, 1.54) is 24.3 Å². The third-order valence-electron chi connectivity index (χ3n) is 3.59. The SMILES string of the molecule is CC(C(=O)Nc1ccc(F)cc1)N(CCC(=O)O)C1CC1. The summed E-state index contributed by atoms with van der Waals surface area (Å²) in [5.74, 6) is -1.44. The Labute approximate surface area is 122 Å². The Hall–Kier alpha value is -1.95. The first-order chi connectivity index (χ1) is 9.97. The lowest BCUT2D eigenvalue weighted by Gasteiger charge is -2.27. The zero-order valence-electron chi connectivity index (χ0n) is 11.9. The monoisotopic (exact) mass is 294 g/mol. The largest absolute Gasteiger partial charge is 0.481 e. The van der Waals surface area contributed by atoms with Crippen LogP contribution in [0.25, 0.3) is 0 Å². The summed E-state index contributed by atoms with van der Waals surface area (Å²) in [6.07, 6.45) is 2.01. The number of carboxylic acid groups (broad SMARTS) is 1. The number of benzene rings is 1. The molecule has 1 unspecified atom stereocenters. The Morgan fingerprint density at radius 2 is 2.00 bits per heavy atom. The highest BCUT2D eigenvalue weighted by Gasteiger charge is 2.35. The average Bonchev–Trinajstić information content (AvgIpc) is 3.25. The molecule has 0 spiro atoms. The lowest BCUT2D eigenvalue weighted by atomic mass is 10.2. The minimum absolute atomic E-state index is 0.0185. The van der Waals surface area contributed by atoms with Gasteiger partial charge in [0.05, 0.1) is 12.5 Å². The van der Waals surface area contributed by atoms with Crippen molar-refractivity contribution in [2.75, 3.05) is 11.9 Å². The van der Waals surface area contributed by atoms with E-state index in [2.05, 4.69) is 5.32 Å². The highest BCUT2D eigenvalue weighted by molar-refractivity contribution is 5.94. The third-order valence-corrected chi connectivity index (χ3v) is 3.59. The van der Waals surface area contributed by atoms with Gasteiger partial charge in [0, 0.05) is 18.3 Å². The maximum atomic E-state index is 12.8. The molecule has 0 bridgehead atoms. The molecule has 0 heterocycles. The van der Waals surface area contributed by atoms with Crippen LogP contribution >= 0.6 is 0 Å². The van der Waals surface area contributed by atoms with E-state index in [9.17, 15) is 14.0 Å². The van der Waals surface area contributed by atoms with Crippen LogP contribution in [-0.4, -0.2) is 40.5 Å². The van der Waals surface area contributed by atoms with E-state index in [0.29, 0.717) is 18.3 Å². The number of anilines is 1. The second-order valence-corrected chi connectivity index (χ2v) is 5.28. The molecule has 0 saturated heterocycles. The highest BCUT2D eigenvalue weighted by atomic mass is 19.1. The van der Waals surface area contributed by atoms with Crippen LogP contribution in [0.3, 0.4) is 0 Å². The van der Waals surface area contributed by atoms with E-state index in [-0.39, 0.29) is 18.1 Å². The van der Waals surface area contributed by atoms with E-state index in [0.717, 1.165) is 12.8 Å². The molecule has 114 valence electrons. The second kappa shape index (κ2) is 6.67. The number of rotatable bonds is 7. The normalized spacial score (nSPS) is 15.8. The summed E-state index contributed by atoms with van der Waals surface area (Å²) >= 11 is 0. The first-order valence-electron chi connectivity index (χ1n) is 7.01. The van der Waals surface area contributed by atoms with Crippen LogP contribution in [0.15, 0.2) is 24.3 Å². The number of nitrogens with one attached hydrogen (secondary N) is 1. The Balaban J connectivity index is 1.95. The van der Waals surface area contributed by atoms with E-state index in [4.69, 9.17) is 5.11 Å². The van der Waals surface area contributed by atoms with Gasteiger partial charge in [-0.15, -0.1) is 0 Å². The molecule has 2 rings (SSSR count). The van der Waals surface area contributed by atoms with E-state index in [1.807, 2.05) is 4.90 Å². The van der Waals surface area contributed by atoms with Crippen molar-refractivity contribution in [1.82, 2.24) is 4.90 Å². The Morgan fingerprint density at radius 3 is 2.52 bits per heavy atom. The number of halogens is 1. The molecule has 0 aliphatic heterocycles. The van der Waals surface area contributed by atoms with Crippen molar-refractivity contribution < 1.29 is 19.1 Å². The fourth-order valence-corrected chi connectivity index (χ4v) is 2.25. The van der Waals surface area contributed by atoms with Gasteiger partial charge in [-0.25, -0.2) is 4.39 Å². The second-order valence-electron chi connectivity index (χ2n) is 5.28. The van der Waals surface area contributed by atoms with Crippen molar-refractivity contribution in [2.24, 2.45) is 0 Å². The predicted octanol–water partition coefficient (Wildman–Crippen LogP) is 2.09. The molecule has 1 amide bonds. The average molecular weight is 294 g/mol. The molecular formula is C15H19FN2O3. The number of carboxylic acids is 1. The summed E-state index contributed by atoms with van der Waals surface area (Å²) < 4.78 is 12.8. The molecule has 1 atom stereocenters. The molecule has 0 radical (unpaired) electrons. The van der Waals surface area contributed by atoms with Gasteiger partial charge in [0.25, 0.3) is 0 Å². The van der Waals surface area contributed by atoms with Crippen LogP contribution in [0, 0.1) is 5.82 Å². The number of hydrogen-bond donors (Lipinski definition) is 2. The van der Waals surface area contributed by atoms with Gasteiger partial charge in [-0.3, -0.25) is 14.5 Å². The van der Waals surface area contributed by atoms with Crippen LogP contribution in [0.2, 0.25) is 0 Å². The van der Waals surface area contributed by atoms with Crippen LogP contribution in [0.5, 0.6) is 0 Å². The first-order valence-corrected chi connectivity index (χ1v) is 7.01. The molecule has 1 aromatic rings. The number of hydrogen-bond acceptors (Lipinski definition) is 3. The van der Waals surface area contributed by atoms with Gasteiger partial charge in [-0.2, -0.15) is 0 Å². The lowest BCUT2D eigenvalue weighted by molar-refractivity contribution is -0.138. The molecule has 2 N–H and O–H groups in total. The number of aliphatic carboxylic acids is 1. The van der Waals surface area contributed by atoms with Gasteiger partial charge in [-0.1, -0.05) is 0 Å². The molecule has 1 aromatic carbocycles. The van der Waals surface area contributed by atoms with Crippen molar-refractivity contribution in [3.8, 4) is 0 Å². The fourth-order valence-electron chi connectivity index (χ4n) is 2.25. The van der Waals surface area contributed by atoms with Gasteiger partial charge in [0.2, 0.25) is 5.91 Å². The van der Waals surface area contributed by atoms with Crippen molar-refractivity contribution in [2.45, 2.75) is 38.3 Å². The van der Waals surface area contributed by atoms with Crippen LogP contribution < -0.4 is 5.32 Å². The van der Waals surface area contributed by atoms with Crippen LogP contribution in [0.4, 0.5) is 10.1 Å². The van der Waals surface area contributed by atoms with Gasteiger partial charge in [0.1, 0.15) is 5.82 Å². The molecular weight excluding hydrogens is 275 g/mol. The summed E-state index contributed by atoms with van der Waals surface area (Å²) in [4.78, 5) is 24.8. The number of carbonyl (C=O) groups excluding carboxylic acids is 1.